The van der Waals surface area contributed by atoms with Gasteiger partial charge in [0.1, 0.15) is 0 Å². The van der Waals surface area contributed by atoms with Crippen molar-refractivity contribution in [3.05, 3.63) is 60.7 Å². The molecule has 0 aliphatic heterocycles. The molecule has 0 saturated heterocycles. The summed E-state index contributed by atoms with van der Waals surface area (Å²) in [4.78, 5) is 15.7. The van der Waals surface area contributed by atoms with E-state index in [0.717, 1.165) is 11.4 Å². The van der Waals surface area contributed by atoms with Crippen LogP contribution in [0.5, 0.6) is 0 Å². The first-order valence-electron chi connectivity index (χ1n) is 6.50. The molecule has 0 heterocycles. The number of aliphatic hydroxyl groups is 1. The molecule has 0 bridgehead atoms. The van der Waals surface area contributed by atoms with E-state index in [2.05, 4.69) is 0 Å². The molecule has 2 aromatic rings. The van der Waals surface area contributed by atoms with E-state index in [1.54, 1.807) is 16.8 Å². The average molecular weight is 270 g/mol. The zero-order valence-electron chi connectivity index (χ0n) is 11.4. The van der Waals surface area contributed by atoms with Gasteiger partial charge < -0.3 is 5.11 Å². The fourth-order valence-corrected chi connectivity index (χ4v) is 1.99. The molecule has 0 radical (unpaired) electrons. The second-order valence-electron chi connectivity index (χ2n) is 4.39. The Morgan fingerprint density at radius 2 is 1.45 bits per heavy atom. The molecular formula is C16H18N2O2. The first-order valence-corrected chi connectivity index (χ1v) is 6.50. The summed E-state index contributed by atoms with van der Waals surface area (Å²) in [6.07, 6.45) is 0. The number of anilines is 2. The van der Waals surface area contributed by atoms with Crippen LogP contribution in [0, 0.1) is 0 Å². The van der Waals surface area contributed by atoms with E-state index < -0.39 is 0 Å². The van der Waals surface area contributed by atoms with Crippen molar-refractivity contribution in [3.8, 4) is 0 Å². The van der Waals surface area contributed by atoms with Crippen LogP contribution < -0.4 is 9.80 Å². The van der Waals surface area contributed by atoms with Crippen molar-refractivity contribution >= 4 is 17.4 Å². The van der Waals surface area contributed by atoms with Crippen LogP contribution in [0.1, 0.15) is 0 Å². The van der Waals surface area contributed by atoms with Crippen LogP contribution in [0.15, 0.2) is 60.7 Å². The van der Waals surface area contributed by atoms with Gasteiger partial charge in [0.05, 0.1) is 13.2 Å². The molecule has 0 atom stereocenters. The summed E-state index contributed by atoms with van der Waals surface area (Å²) in [6, 6.07) is 18.6. The third kappa shape index (κ3) is 3.16. The van der Waals surface area contributed by atoms with Crippen molar-refractivity contribution in [1.29, 1.82) is 0 Å². The zero-order valence-corrected chi connectivity index (χ0v) is 11.4. The van der Waals surface area contributed by atoms with Gasteiger partial charge in [0.15, 0.2) is 0 Å². The number of rotatable bonds is 4. The summed E-state index contributed by atoms with van der Waals surface area (Å²) in [6.45, 7) is 0.184. The molecule has 0 spiro atoms. The number of amides is 2. The summed E-state index contributed by atoms with van der Waals surface area (Å²) in [7, 11) is 1.73. The molecule has 4 nitrogen and oxygen atoms in total. The maximum absolute atomic E-state index is 12.6. The predicted molar refractivity (Wildman–Crippen MR) is 81.1 cm³/mol. The van der Waals surface area contributed by atoms with Gasteiger partial charge in [-0.05, 0) is 24.3 Å². The lowest BCUT2D eigenvalue weighted by Gasteiger charge is -2.27. The van der Waals surface area contributed by atoms with Gasteiger partial charge in [-0.2, -0.15) is 0 Å². The number of hydrogen-bond donors (Lipinski definition) is 1. The molecule has 2 aromatic carbocycles. The van der Waals surface area contributed by atoms with E-state index in [9.17, 15) is 9.90 Å². The fourth-order valence-electron chi connectivity index (χ4n) is 1.99. The summed E-state index contributed by atoms with van der Waals surface area (Å²) >= 11 is 0. The quantitative estimate of drug-likeness (QED) is 0.928. The van der Waals surface area contributed by atoms with Gasteiger partial charge in [0.25, 0.3) is 0 Å². The summed E-state index contributed by atoms with van der Waals surface area (Å²) in [5.41, 5.74) is 1.59. The van der Waals surface area contributed by atoms with E-state index in [-0.39, 0.29) is 19.2 Å². The van der Waals surface area contributed by atoms with Crippen LogP contribution in [0.25, 0.3) is 0 Å². The number of carbonyl (C=O) groups excluding carboxylic acids is 1. The van der Waals surface area contributed by atoms with E-state index in [0.29, 0.717) is 0 Å². The Labute approximate surface area is 118 Å². The highest BCUT2D eigenvalue weighted by Gasteiger charge is 2.20. The number of benzene rings is 2. The smallest absolute Gasteiger partial charge is 0.328 e. The summed E-state index contributed by atoms with van der Waals surface area (Å²) < 4.78 is 0. The normalized spacial score (nSPS) is 10.1. The molecule has 0 aliphatic rings. The molecule has 2 rings (SSSR count). The number of carbonyl (C=O) groups is 1. The Balaban J connectivity index is 2.24. The van der Waals surface area contributed by atoms with Crippen LogP contribution in [-0.2, 0) is 0 Å². The molecule has 104 valence electrons. The van der Waals surface area contributed by atoms with Crippen molar-refractivity contribution < 1.29 is 9.90 Å². The third-order valence-electron chi connectivity index (χ3n) is 3.05. The van der Waals surface area contributed by atoms with E-state index in [1.165, 1.54) is 0 Å². The Hall–Kier alpha value is -2.33. The molecule has 0 saturated carbocycles. The number of hydrogen-bond acceptors (Lipinski definition) is 2. The highest BCUT2D eigenvalue weighted by molar-refractivity contribution is 6.03. The molecule has 4 heteroatoms. The van der Waals surface area contributed by atoms with Gasteiger partial charge in [-0.3, -0.25) is 9.80 Å². The Kier molecular flexibility index (Phi) is 4.74. The molecular weight excluding hydrogens is 252 g/mol. The van der Waals surface area contributed by atoms with Gasteiger partial charge in [0.2, 0.25) is 0 Å². The number of nitrogens with zero attached hydrogens (tertiary/aromatic N) is 2. The molecule has 1 N–H and O–H groups in total. The lowest BCUT2D eigenvalue weighted by Crippen LogP contribution is -2.43. The van der Waals surface area contributed by atoms with Crippen molar-refractivity contribution in [2.75, 3.05) is 30.0 Å². The minimum atomic E-state index is -0.170. The van der Waals surface area contributed by atoms with Crippen molar-refractivity contribution in [2.24, 2.45) is 0 Å². The number of aliphatic hydroxyl groups excluding tert-OH is 1. The molecule has 0 fully saturated rings. The summed E-state index contributed by atoms with van der Waals surface area (Å²) in [5, 5.41) is 9.19. The average Bonchev–Trinajstić information content (AvgIpc) is 2.53. The van der Waals surface area contributed by atoms with Crippen LogP contribution in [0.3, 0.4) is 0 Å². The molecule has 0 unspecified atom stereocenters. The van der Waals surface area contributed by atoms with Crippen LogP contribution in [-0.4, -0.2) is 31.3 Å². The second-order valence-corrected chi connectivity index (χ2v) is 4.39. The first-order chi connectivity index (χ1) is 9.74. The van der Waals surface area contributed by atoms with Gasteiger partial charge in [-0.25, -0.2) is 4.79 Å². The van der Waals surface area contributed by atoms with Crippen LogP contribution in [0.4, 0.5) is 16.2 Å². The molecule has 20 heavy (non-hydrogen) atoms. The molecule has 2 amide bonds. The van der Waals surface area contributed by atoms with E-state index in [1.807, 2.05) is 60.7 Å². The van der Waals surface area contributed by atoms with E-state index >= 15 is 0 Å². The van der Waals surface area contributed by atoms with Gasteiger partial charge in [0, 0.05) is 18.4 Å². The SMILES string of the molecule is CN(C(=O)N(CCO)c1ccccc1)c1ccccc1. The van der Waals surface area contributed by atoms with E-state index in [4.69, 9.17) is 0 Å². The Bertz CT molecular complexity index is 543. The number of urea groups is 1. The van der Waals surface area contributed by atoms with Gasteiger partial charge in [-0.15, -0.1) is 0 Å². The Morgan fingerprint density at radius 1 is 0.950 bits per heavy atom. The van der Waals surface area contributed by atoms with Gasteiger partial charge in [-0.1, -0.05) is 36.4 Å². The third-order valence-corrected chi connectivity index (χ3v) is 3.05. The topological polar surface area (TPSA) is 43.8 Å². The number of para-hydroxylation sites is 2. The van der Waals surface area contributed by atoms with Crippen molar-refractivity contribution in [2.45, 2.75) is 0 Å². The maximum Gasteiger partial charge on any atom is 0.328 e. The predicted octanol–water partition coefficient (Wildman–Crippen LogP) is 2.74. The standard InChI is InChI=1S/C16H18N2O2/c1-17(14-8-4-2-5-9-14)16(20)18(12-13-19)15-10-6-3-7-11-15/h2-11,19H,12-13H2,1H3. The summed E-state index contributed by atoms with van der Waals surface area (Å²) in [5.74, 6) is 0. The van der Waals surface area contributed by atoms with Crippen molar-refractivity contribution in [3.63, 3.8) is 0 Å². The zero-order chi connectivity index (χ0) is 14.4. The fraction of sp³-hybridized carbons (Fsp3) is 0.188. The Morgan fingerprint density at radius 3 is 1.95 bits per heavy atom. The largest absolute Gasteiger partial charge is 0.395 e. The minimum Gasteiger partial charge on any atom is -0.395 e. The second kappa shape index (κ2) is 6.73. The van der Waals surface area contributed by atoms with Crippen LogP contribution >= 0.6 is 0 Å². The lowest BCUT2D eigenvalue weighted by atomic mass is 10.2. The molecule has 0 aromatic heterocycles. The highest BCUT2D eigenvalue weighted by Crippen LogP contribution is 2.18. The lowest BCUT2D eigenvalue weighted by molar-refractivity contribution is 0.248. The van der Waals surface area contributed by atoms with Crippen molar-refractivity contribution in [1.82, 2.24) is 0 Å². The van der Waals surface area contributed by atoms with Crippen LogP contribution in [0.2, 0.25) is 0 Å². The first kappa shape index (κ1) is 14.1. The maximum atomic E-state index is 12.6. The monoisotopic (exact) mass is 270 g/mol. The van der Waals surface area contributed by atoms with Gasteiger partial charge >= 0.3 is 6.03 Å². The minimum absolute atomic E-state index is 0.0801. The molecule has 0 aliphatic carbocycles. The highest BCUT2D eigenvalue weighted by atomic mass is 16.3.